The predicted molar refractivity (Wildman–Crippen MR) is 79.7 cm³/mol. The van der Waals surface area contributed by atoms with Crippen molar-refractivity contribution in [2.24, 2.45) is 5.73 Å². The van der Waals surface area contributed by atoms with Crippen molar-refractivity contribution in [3.05, 3.63) is 35.4 Å². The Bertz CT molecular complexity index is 346. The first-order valence-corrected chi connectivity index (χ1v) is 6.87. The molecule has 0 amide bonds. The van der Waals surface area contributed by atoms with Crippen molar-refractivity contribution in [3.63, 3.8) is 0 Å². The fraction of sp³-hybridized carbons (Fsp3) is 0.625. The van der Waals surface area contributed by atoms with Crippen LogP contribution in [0.4, 0.5) is 0 Å². The Labute approximate surface area is 112 Å². The van der Waals surface area contributed by atoms with E-state index in [4.69, 9.17) is 5.73 Å². The van der Waals surface area contributed by atoms with Gasteiger partial charge in [-0.25, -0.2) is 0 Å². The van der Waals surface area contributed by atoms with Crippen molar-refractivity contribution in [3.8, 4) is 0 Å². The molecule has 0 saturated carbocycles. The molecule has 2 N–H and O–H groups in total. The van der Waals surface area contributed by atoms with Crippen molar-refractivity contribution in [2.45, 2.75) is 51.6 Å². The van der Waals surface area contributed by atoms with E-state index in [1.54, 1.807) is 0 Å². The zero-order valence-electron chi connectivity index (χ0n) is 12.5. The number of hydrogen-bond acceptors (Lipinski definition) is 2. The number of nitrogens with two attached hydrogens (primary N) is 1. The third-order valence-corrected chi connectivity index (χ3v) is 3.46. The molecule has 0 aromatic heterocycles. The second kappa shape index (κ2) is 6.35. The second-order valence-corrected chi connectivity index (χ2v) is 6.10. The molecule has 102 valence electrons. The maximum absolute atomic E-state index is 6.09. The Hall–Kier alpha value is -0.860. The van der Waals surface area contributed by atoms with Crippen LogP contribution in [0, 0.1) is 0 Å². The molecule has 1 aromatic rings. The van der Waals surface area contributed by atoms with E-state index >= 15 is 0 Å². The largest absolute Gasteiger partial charge is 0.326 e. The molecule has 1 unspecified atom stereocenters. The Balaban J connectivity index is 2.77. The second-order valence-electron chi connectivity index (χ2n) is 6.10. The van der Waals surface area contributed by atoms with Gasteiger partial charge in [0.2, 0.25) is 0 Å². The van der Waals surface area contributed by atoms with Gasteiger partial charge in [0, 0.05) is 11.6 Å². The van der Waals surface area contributed by atoms with Crippen LogP contribution in [-0.4, -0.2) is 24.5 Å². The minimum Gasteiger partial charge on any atom is -0.326 e. The normalized spacial score (nSPS) is 13.9. The van der Waals surface area contributed by atoms with Gasteiger partial charge >= 0.3 is 0 Å². The third-order valence-electron chi connectivity index (χ3n) is 3.46. The lowest BCUT2D eigenvalue weighted by Crippen LogP contribution is -2.33. The Morgan fingerprint density at radius 1 is 1.17 bits per heavy atom. The first-order chi connectivity index (χ1) is 8.33. The van der Waals surface area contributed by atoms with E-state index in [9.17, 15) is 0 Å². The summed E-state index contributed by atoms with van der Waals surface area (Å²) in [5, 5.41) is 0. The fourth-order valence-corrected chi connectivity index (χ4v) is 2.21. The maximum atomic E-state index is 6.09. The number of hydrogen-bond donors (Lipinski definition) is 1. The molecular formula is C16H28N2. The number of benzene rings is 1. The Morgan fingerprint density at radius 2 is 1.72 bits per heavy atom. The summed E-state index contributed by atoms with van der Waals surface area (Å²) < 4.78 is 0. The highest BCUT2D eigenvalue weighted by Crippen LogP contribution is 2.26. The predicted octanol–water partition coefficient (Wildman–Crippen LogP) is 3.37. The lowest BCUT2D eigenvalue weighted by Gasteiger charge is -2.28. The maximum Gasteiger partial charge on any atom is 0.0342 e. The molecule has 0 heterocycles. The monoisotopic (exact) mass is 248 g/mol. The Morgan fingerprint density at radius 3 is 2.11 bits per heavy atom. The average Bonchev–Trinajstić information content (AvgIpc) is 2.28. The van der Waals surface area contributed by atoms with Crippen LogP contribution in [0.15, 0.2) is 24.3 Å². The van der Waals surface area contributed by atoms with E-state index in [1.165, 1.54) is 11.1 Å². The van der Waals surface area contributed by atoms with E-state index < -0.39 is 0 Å². The highest BCUT2D eigenvalue weighted by molar-refractivity contribution is 5.25. The molecule has 0 aliphatic carbocycles. The summed E-state index contributed by atoms with van der Waals surface area (Å²) in [5.74, 6) is 0. The van der Waals surface area contributed by atoms with Crippen LogP contribution in [0.1, 0.15) is 50.8 Å². The molecule has 2 heteroatoms. The van der Waals surface area contributed by atoms with E-state index in [-0.39, 0.29) is 5.54 Å². The topological polar surface area (TPSA) is 29.3 Å². The van der Waals surface area contributed by atoms with Crippen molar-refractivity contribution >= 4 is 0 Å². The van der Waals surface area contributed by atoms with Gasteiger partial charge < -0.3 is 10.6 Å². The molecule has 0 aliphatic rings. The number of rotatable bonds is 6. The molecule has 2 nitrogen and oxygen atoms in total. The molecule has 1 atom stereocenters. The summed E-state index contributed by atoms with van der Waals surface area (Å²) in [5.41, 5.74) is 8.79. The van der Waals surface area contributed by atoms with E-state index in [0.717, 1.165) is 19.3 Å². The molecular weight excluding hydrogens is 220 g/mol. The van der Waals surface area contributed by atoms with Crippen molar-refractivity contribution in [2.75, 3.05) is 14.1 Å². The van der Waals surface area contributed by atoms with Gasteiger partial charge in [0.15, 0.2) is 0 Å². The fourth-order valence-electron chi connectivity index (χ4n) is 2.21. The molecule has 0 fully saturated rings. The summed E-state index contributed by atoms with van der Waals surface area (Å²) in [6.07, 6.45) is 3.23. The number of aryl methyl sites for hydroxylation is 1. The SMILES string of the molecule is CCc1ccc(C(CCC(C)(C)N)N(C)C)cc1. The summed E-state index contributed by atoms with van der Waals surface area (Å²) in [4.78, 5) is 2.28. The van der Waals surface area contributed by atoms with Gasteiger partial charge in [0.05, 0.1) is 0 Å². The molecule has 18 heavy (non-hydrogen) atoms. The van der Waals surface area contributed by atoms with E-state index in [1.807, 2.05) is 0 Å². The van der Waals surface area contributed by atoms with Crippen molar-refractivity contribution in [1.82, 2.24) is 4.90 Å². The summed E-state index contributed by atoms with van der Waals surface area (Å²) >= 11 is 0. The zero-order chi connectivity index (χ0) is 13.8. The molecule has 0 radical (unpaired) electrons. The van der Waals surface area contributed by atoms with Gasteiger partial charge in [-0.05, 0) is 58.3 Å². The standard InChI is InChI=1S/C16H28N2/c1-6-13-7-9-14(10-8-13)15(18(4)5)11-12-16(2,3)17/h7-10,15H,6,11-12,17H2,1-5H3. The zero-order valence-corrected chi connectivity index (χ0v) is 12.5. The molecule has 1 rings (SSSR count). The van der Waals surface area contributed by atoms with Gasteiger partial charge in [-0.1, -0.05) is 31.2 Å². The number of nitrogens with zero attached hydrogens (tertiary/aromatic N) is 1. The highest BCUT2D eigenvalue weighted by atomic mass is 15.1. The average molecular weight is 248 g/mol. The quantitative estimate of drug-likeness (QED) is 0.836. The molecule has 0 bridgehead atoms. The van der Waals surface area contributed by atoms with Crippen LogP contribution in [0.3, 0.4) is 0 Å². The van der Waals surface area contributed by atoms with Crippen LogP contribution in [0.2, 0.25) is 0 Å². The van der Waals surface area contributed by atoms with E-state index in [0.29, 0.717) is 6.04 Å². The van der Waals surface area contributed by atoms with Crippen LogP contribution in [0.25, 0.3) is 0 Å². The summed E-state index contributed by atoms with van der Waals surface area (Å²) in [6, 6.07) is 9.44. The van der Waals surface area contributed by atoms with Crippen LogP contribution in [-0.2, 0) is 6.42 Å². The van der Waals surface area contributed by atoms with Crippen molar-refractivity contribution in [1.29, 1.82) is 0 Å². The van der Waals surface area contributed by atoms with Gasteiger partial charge in [-0.2, -0.15) is 0 Å². The van der Waals surface area contributed by atoms with Gasteiger partial charge in [0.1, 0.15) is 0 Å². The van der Waals surface area contributed by atoms with E-state index in [2.05, 4.69) is 64.0 Å². The highest BCUT2D eigenvalue weighted by Gasteiger charge is 2.18. The third kappa shape index (κ3) is 4.79. The minimum atomic E-state index is -0.0857. The summed E-state index contributed by atoms with van der Waals surface area (Å²) in [7, 11) is 4.28. The van der Waals surface area contributed by atoms with Crippen molar-refractivity contribution < 1.29 is 0 Å². The minimum absolute atomic E-state index is 0.0857. The smallest absolute Gasteiger partial charge is 0.0342 e. The lowest BCUT2D eigenvalue weighted by molar-refractivity contribution is 0.261. The van der Waals surface area contributed by atoms with Gasteiger partial charge in [-0.3, -0.25) is 0 Å². The summed E-state index contributed by atoms with van der Waals surface area (Å²) in [6.45, 7) is 6.38. The lowest BCUT2D eigenvalue weighted by atomic mass is 9.92. The molecule has 0 spiro atoms. The van der Waals surface area contributed by atoms with Crippen LogP contribution >= 0.6 is 0 Å². The van der Waals surface area contributed by atoms with Gasteiger partial charge in [0.25, 0.3) is 0 Å². The van der Waals surface area contributed by atoms with Gasteiger partial charge in [-0.15, -0.1) is 0 Å². The first-order valence-electron chi connectivity index (χ1n) is 6.87. The van der Waals surface area contributed by atoms with Crippen LogP contribution in [0.5, 0.6) is 0 Å². The van der Waals surface area contributed by atoms with Crippen LogP contribution < -0.4 is 5.73 Å². The molecule has 1 aromatic carbocycles. The Kier molecular flexibility index (Phi) is 5.36. The molecule has 0 aliphatic heterocycles. The molecule has 0 saturated heterocycles. The first kappa shape index (κ1) is 15.2.